The van der Waals surface area contributed by atoms with E-state index in [0.29, 0.717) is 22.1 Å². The number of aryl methyl sites for hydroxylation is 1. The van der Waals surface area contributed by atoms with E-state index >= 15 is 0 Å². The Bertz CT molecular complexity index is 1270. The molecule has 2 aromatic carbocycles. The largest absolute Gasteiger partial charge is 0.457 e. The Morgan fingerprint density at radius 1 is 1.18 bits per heavy atom. The van der Waals surface area contributed by atoms with E-state index in [1.165, 1.54) is 6.08 Å². The van der Waals surface area contributed by atoms with E-state index < -0.39 is 0 Å². The number of carbonyl (C=O) groups is 1. The number of benzene rings is 2. The fourth-order valence-electron chi connectivity index (χ4n) is 3.03. The molecule has 0 saturated carbocycles. The molecule has 4 aromatic rings. The Hall–Kier alpha value is -3.55. The zero-order valence-corrected chi connectivity index (χ0v) is 15.7. The SMILES string of the molecule is Cc1ccc(-c2ccc(C=C(C#N)C(=O)c3c[nH]c4ccccc34)o2)cc1Cl. The summed E-state index contributed by atoms with van der Waals surface area (Å²) in [7, 11) is 0. The van der Waals surface area contributed by atoms with Crippen LogP contribution in [-0.2, 0) is 0 Å². The van der Waals surface area contributed by atoms with Gasteiger partial charge in [0.05, 0.1) is 0 Å². The summed E-state index contributed by atoms with van der Waals surface area (Å²) in [6.07, 6.45) is 3.09. The van der Waals surface area contributed by atoms with Crippen LogP contribution in [0.1, 0.15) is 21.7 Å². The number of aromatic nitrogens is 1. The molecular formula is C23H15ClN2O2. The summed E-state index contributed by atoms with van der Waals surface area (Å²) in [4.78, 5) is 15.9. The van der Waals surface area contributed by atoms with Crippen LogP contribution >= 0.6 is 11.6 Å². The first-order valence-corrected chi connectivity index (χ1v) is 9.03. The third-order valence-corrected chi connectivity index (χ3v) is 4.98. The Morgan fingerprint density at radius 2 is 2.00 bits per heavy atom. The molecule has 4 rings (SSSR count). The first-order chi connectivity index (χ1) is 13.6. The summed E-state index contributed by atoms with van der Waals surface area (Å²) in [5, 5.41) is 10.9. The van der Waals surface area contributed by atoms with Gasteiger partial charge in [-0.2, -0.15) is 5.26 Å². The molecule has 0 amide bonds. The summed E-state index contributed by atoms with van der Waals surface area (Å²) in [6.45, 7) is 1.93. The van der Waals surface area contributed by atoms with Gasteiger partial charge in [-0.3, -0.25) is 4.79 Å². The second kappa shape index (κ2) is 7.22. The molecule has 28 heavy (non-hydrogen) atoms. The minimum Gasteiger partial charge on any atom is -0.457 e. The minimum atomic E-state index is -0.351. The van der Waals surface area contributed by atoms with Crippen LogP contribution < -0.4 is 0 Å². The van der Waals surface area contributed by atoms with Crippen LogP contribution in [0.15, 0.2) is 70.8 Å². The van der Waals surface area contributed by atoms with Crippen LogP contribution in [0, 0.1) is 18.3 Å². The van der Waals surface area contributed by atoms with Gasteiger partial charge in [0, 0.05) is 39.3 Å². The van der Waals surface area contributed by atoms with Crippen molar-refractivity contribution in [2.45, 2.75) is 6.92 Å². The second-order valence-corrected chi connectivity index (χ2v) is 6.82. The molecule has 0 atom stereocenters. The molecule has 0 saturated heterocycles. The van der Waals surface area contributed by atoms with Crippen molar-refractivity contribution >= 4 is 34.4 Å². The minimum absolute atomic E-state index is 0.00703. The highest BCUT2D eigenvalue weighted by molar-refractivity contribution is 6.31. The Morgan fingerprint density at radius 3 is 2.79 bits per heavy atom. The van der Waals surface area contributed by atoms with E-state index in [1.807, 2.05) is 55.5 Å². The number of para-hydroxylation sites is 1. The molecule has 0 aliphatic carbocycles. The number of ketones is 1. The fourth-order valence-corrected chi connectivity index (χ4v) is 3.21. The van der Waals surface area contributed by atoms with Crippen LogP contribution in [0.5, 0.6) is 0 Å². The van der Waals surface area contributed by atoms with Crippen molar-refractivity contribution in [2.75, 3.05) is 0 Å². The molecule has 0 bridgehead atoms. The van der Waals surface area contributed by atoms with E-state index in [9.17, 15) is 10.1 Å². The van der Waals surface area contributed by atoms with Gasteiger partial charge < -0.3 is 9.40 Å². The molecule has 0 aliphatic rings. The van der Waals surface area contributed by atoms with Gasteiger partial charge in [0.2, 0.25) is 5.78 Å². The van der Waals surface area contributed by atoms with Crippen molar-refractivity contribution in [3.8, 4) is 17.4 Å². The number of nitrogens with one attached hydrogen (secondary N) is 1. The average molecular weight is 387 g/mol. The van der Waals surface area contributed by atoms with Gasteiger partial charge in [-0.25, -0.2) is 0 Å². The smallest absolute Gasteiger partial charge is 0.205 e. The monoisotopic (exact) mass is 386 g/mol. The second-order valence-electron chi connectivity index (χ2n) is 6.41. The molecule has 2 aromatic heterocycles. The number of H-pyrrole nitrogens is 1. The van der Waals surface area contributed by atoms with Gasteiger partial charge >= 0.3 is 0 Å². The zero-order valence-electron chi connectivity index (χ0n) is 15.0. The summed E-state index contributed by atoms with van der Waals surface area (Å²) in [5.41, 5.74) is 3.12. The lowest BCUT2D eigenvalue weighted by molar-refractivity contribution is 0.104. The summed E-state index contributed by atoms with van der Waals surface area (Å²) in [6, 6.07) is 18.6. The van der Waals surface area contributed by atoms with Gasteiger partial charge in [0.25, 0.3) is 0 Å². The number of aromatic amines is 1. The van der Waals surface area contributed by atoms with E-state index in [4.69, 9.17) is 16.0 Å². The Labute approximate surface area is 166 Å². The van der Waals surface area contributed by atoms with E-state index in [-0.39, 0.29) is 11.4 Å². The molecule has 0 fully saturated rings. The number of hydrogen-bond donors (Lipinski definition) is 1. The van der Waals surface area contributed by atoms with Crippen LogP contribution in [-0.4, -0.2) is 10.8 Å². The van der Waals surface area contributed by atoms with Crippen molar-refractivity contribution < 1.29 is 9.21 Å². The fraction of sp³-hybridized carbons (Fsp3) is 0.0435. The highest BCUT2D eigenvalue weighted by Crippen LogP contribution is 2.28. The first-order valence-electron chi connectivity index (χ1n) is 8.66. The number of Topliss-reactive ketones (excluding diaryl/α,β-unsaturated/α-hetero) is 1. The van der Waals surface area contributed by atoms with Gasteiger partial charge in [0.1, 0.15) is 23.2 Å². The number of hydrogen-bond acceptors (Lipinski definition) is 3. The quantitative estimate of drug-likeness (QED) is 0.258. The zero-order chi connectivity index (χ0) is 19.7. The first kappa shape index (κ1) is 17.8. The van der Waals surface area contributed by atoms with Crippen LogP contribution in [0.4, 0.5) is 0 Å². The molecular weight excluding hydrogens is 372 g/mol. The summed E-state index contributed by atoms with van der Waals surface area (Å²) < 4.78 is 5.81. The molecule has 136 valence electrons. The molecule has 4 nitrogen and oxygen atoms in total. The van der Waals surface area contributed by atoms with E-state index in [0.717, 1.165) is 22.0 Å². The maximum atomic E-state index is 12.8. The third-order valence-electron chi connectivity index (χ3n) is 4.57. The van der Waals surface area contributed by atoms with Crippen LogP contribution in [0.25, 0.3) is 28.3 Å². The predicted molar refractivity (Wildman–Crippen MR) is 110 cm³/mol. The maximum absolute atomic E-state index is 12.8. The number of nitriles is 1. The van der Waals surface area contributed by atoms with Crippen molar-refractivity contribution in [1.29, 1.82) is 5.26 Å². The Kier molecular flexibility index (Phi) is 4.60. The highest BCUT2D eigenvalue weighted by atomic mass is 35.5. The van der Waals surface area contributed by atoms with Crippen molar-refractivity contribution in [3.05, 3.63) is 88.3 Å². The number of allylic oxidation sites excluding steroid dienone is 1. The maximum Gasteiger partial charge on any atom is 0.205 e. The van der Waals surface area contributed by atoms with Gasteiger partial charge in [-0.05, 0) is 36.8 Å². The number of nitrogens with zero attached hydrogens (tertiary/aromatic N) is 1. The topological polar surface area (TPSA) is 69.8 Å². The average Bonchev–Trinajstić information content (AvgIpc) is 3.35. The Balaban J connectivity index is 1.67. The highest BCUT2D eigenvalue weighted by Gasteiger charge is 2.17. The molecule has 5 heteroatoms. The number of halogens is 1. The standard InChI is InChI=1S/C23H15ClN2O2/c1-14-6-7-15(11-20(14)24)22-9-8-17(28-22)10-16(12-25)23(27)19-13-26-21-5-3-2-4-18(19)21/h2-11,13,26H,1H3. The van der Waals surface area contributed by atoms with Gasteiger partial charge in [0.15, 0.2) is 0 Å². The molecule has 0 radical (unpaired) electrons. The molecule has 0 unspecified atom stereocenters. The lowest BCUT2D eigenvalue weighted by atomic mass is 10.0. The molecule has 0 aliphatic heterocycles. The number of carbonyl (C=O) groups excluding carboxylic acids is 1. The van der Waals surface area contributed by atoms with E-state index in [1.54, 1.807) is 18.3 Å². The summed E-state index contributed by atoms with van der Waals surface area (Å²) >= 11 is 6.18. The van der Waals surface area contributed by atoms with Crippen molar-refractivity contribution in [2.24, 2.45) is 0 Å². The normalized spacial score (nSPS) is 11.5. The number of fused-ring (bicyclic) bond motifs is 1. The molecule has 1 N–H and O–H groups in total. The van der Waals surface area contributed by atoms with E-state index in [2.05, 4.69) is 4.98 Å². The number of furan rings is 1. The third kappa shape index (κ3) is 3.24. The summed E-state index contributed by atoms with van der Waals surface area (Å²) in [5.74, 6) is 0.692. The van der Waals surface area contributed by atoms with Gasteiger partial charge in [-0.1, -0.05) is 41.9 Å². The number of rotatable bonds is 4. The molecule has 2 heterocycles. The van der Waals surface area contributed by atoms with Crippen LogP contribution in [0.2, 0.25) is 5.02 Å². The lowest BCUT2D eigenvalue weighted by Gasteiger charge is -2.01. The molecule has 0 spiro atoms. The van der Waals surface area contributed by atoms with Crippen LogP contribution in [0.3, 0.4) is 0 Å². The van der Waals surface area contributed by atoms with Gasteiger partial charge in [-0.15, -0.1) is 0 Å². The lowest BCUT2D eigenvalue weighted by Crippen LogP contribution is -2.00. The van der Waals surface area contributed by atoms with Crippen molar-refractivity contribution in [1.82, 2.24) is 4.98 Å². The van der Waals surface area contributed by atoms with Crippen molar-refractivity contribution in [3.63, 3.8) is 0 Å². The predicted octanol–water partition coefficient (Wildman–Crippen LogP) is 6.18.